The van der Waals surface area contributed by atoms with Gasteiger partial charge in [0.05, 0.1) is 5.52 Å². The van der Waals surface area contributed by atoms with E-state index >= 15 is 0 Å². The van der Waals surface area contributed by atoms with Crippen molar-refractivity contribution in [2.45, 2.75) is 46.6 Å². The molecule has 0 saturated carbocycles. The Hall–Kier alpha value is -3.15. The van der Waals surface area contributed by atoms with Crippen LogP contribution in [0.1, 0.15) is 44.2 Å². The topological polar surface area (TPSA) is 76.2 Å². The number of hydrogen-bond acceptors (Lipinski definition) is 4. The predicted octanol–water partition coefficient (Wildman–Crippen LogP) is 5.88. The van der Waals surface area contributed by atoms with Crippen LogP contribution in [0.2, 0.25) is 0 Å². The summed E-state index contributed by atoms with van der Waals surface area (Å²) in [7, 11) is 0. The van der Waals surface area contributed by atoms with Gasteiger partial charge in [-0.25, -0.2) is 0 Å². The van der Waals surface area contributed by atoms with Crippen LogP contribution >= 0.6 is 0 Å². The Morgan fingerprint density at radius 3 is 2.69 bits per heavy atom. The maximum absolute atomic E-state index is 12.3. The zero-order chi connectivity index (χ0) is 21.0. The number of amides is 1. The lowest BCUT2D eigenvalue weighted by Crippen LogP contribution is -2.09. The Kier molecular flexibility index (Phi) is 6.32. The van der Waals surface area contributed by atoms with Gasteiger partial charge in [-0.15, -0.1) is 10.2 Å². The third-order valence-electron chi connectivity index (χ3n) is 4.77. The van der Waals surface area contributed by atoms with Gasteiger partial charge in [0.1, 0.15) is 5.75 Å². The smallest absolute Gasteiger partial charge is 0.302 e. The first-order chi connectivity index (χ1) is 13.9. The first kappa shape index (κ1) is 20.6. The number of rotatable bonds is 7. The lowest BCUT2D eigenvalue weighted by Gasteiger charge is -2.13. The third-order valence-corrected chi connectivity index (χ3v) is 4.77. The van der Waals surface area contributed by atoms with Crippen molar-refractivity contribution in [2.24, 2.45) is 10.2 Å². The fraction of sp³-hybridized carbons (Fsp3) is 0.348. The second-order valence-electron chi connectivity index (χ2n) is 7.42. The van der Waals surface area contributed by atoms with Gasteiger partial charge in [0.25, 0.3) is 0 Å². The van der Waals surface area contributed by atoms with Crippen LogP contribution in [-0.2, 0) is 11.3 Å². The molecule has 0 saturated heterocycles. The molecular formula is C23H27N3O3. The number of benzene rings is 2. The molecule has 0 spiro atoms. The molecule has 0 unspecified atom stereocenters. The van der Waals surface area contributed by atoms with Crippen molar-refractivity contribution in [3.8, 4) is 11.6 Å². The molecule has 6 nitrogen and oxygen atoms in total. The average Bonchev–Trinajstić information content (AvgIpc) is 2.96. The van der Waals surface area contributed by atoms with E-state index in [1.807, 2.05) is 56.3 Å². The highest BCUT2D eigenvalue weighted by atomic mass is 16.5. The number of nitrogens with zero attached hydrogens (tertiary/aromatic N) is 3. The van der Waals surface area contributed by atoms with E-state index in [2.05, 4.69) is 24.1 Å². The summed E-state index contributed by atoms with van der Waals surface area (Å²) in [6, 6.07) is 13.5. The fourth-order valence-corrected chi connectivity index (χ4v) is 3.34. The standard InChI is InChI=1S/C23H27N3O3/c1-5-12-26-19-9-7-6-8-18(19)22(23(26)28)25-24-21(27)14-29-20-13-16(4)10-11-17(20)15(2)3/h6-11,13,15,28H,5,12,14H2,1-4H3. The summed E-state index contributed by atoms with van der Waals surface area (Å²) in [5.74, 6) is 0.481. The normalized spacial score (nSPS) is 11.6. The van der Waals surface area contributed by atoms with Gasteiger partial charge in [0, 0.05) is 11.9 Å². The zero-order valence-electron chi connectivity index (χ0n) is 17.3. The van der Waals surface area contributed by atoms with Crippen LogP contribution in [0, 0.1) is 6.92 Å². The van der Waals surface area contributed by atoms with Gasteiger partial charge in [-0.3, -0.25) is 4.79 Å². The molecule has 0 fully saturated rings. The van der Waals surface area contributed by atoms with E-state index in [0.717, 1.165) is 28.5 Å². The maximum Gasteiger partial charge on any atom is 0.302 e. The molecule has 6 heteroatoms. The minimum atomic E-state index is -0.507. The number of para-hydroxylation sites is 1. The quantitative estimate of drug-likeness (QED) is 0.509. The number of aryl methyl sites for hydroxylation is 2. The first-order valence-electron chi connectivity index (χ1n) is 9.90. The lowest BCUT2D eigenvalue weighted by atomic mass is 10.0. The number of fused-ring (bicyclic) bond motifs is 1. The highest BCUT2D eigenvalue weighted by Gasteiger charge is 2.16. The molecule has 0 aliphatic heterocycles. The van der Waals surface area contributed by atoms with Gasteiger partial charge in [0.2, 0.25) is 5.88 Å². The number of ether oxygens (including phenoxy) is 1. The Morgan fingerprint density at radius 2 is 1.97 bits per heavy atom. The van der Waals surface area contributed by atoms with Gasteiger partial charge < -0.3 is 14.4 Å². The number of carbonyl (C=O) groups excluding carboxylic acids is 1. The summed E-state index contributed by atoms with van der Waals surface area (Å²) >= 11 is 0. The molecule has 0 bridgehead atoms. The first-order valence-corrected chi connectivity index (χ1v) is 9.90. The minimum absolute atomic E-state index is 0.0197. The molecule has 3 rings (SSSR count). The summed E-state index contributed by atoms with van der Waals surface area (Å²) in [4.78, 5) is 12.3. The maximum atomic E-state index is 12.3. The largest absolute Gasteiger partial charge is 0.493 e. The Bertz CT molecular complexity index is 1050. The number of carbonyl (C=O) groups is 1. The minimum Gasteiger partial charge on any atom is -0.493 e. The van der Waals surface area contributed by atoms with E-state index in [0.29, 0.717) is 18.0 Å². The van der Waals surface area contributed by atoms with E-state index in [4.69, 9.17) is 4.74 Å². The molecule has 2 aromatic carbocycles. The van der Waals surface area contributed by atoms with Crippen molar-refractivity contribution >= 4 is 22.5 Å². The van der Waals surface area contributed by atoms with E-state index in [-0.39, 0.29) is 18.4 Å². The van der Waals surface area contributed by atoms with Crippen LogP contribution in [-0.4, -0.2) is 22.2 Å². The van der Waals surface area contributed by atoms with Crippen LogP contribution < -0.4 is 4.74 Å². The number of hydrogen-bond donors (Lipinski definition) is 1. The fourth-order valence-electron chi connectivity index (χ4n) is 3.34. The molecule has 3 aromatic rings. The predicted molar refractivity (Wildman–Crippen MR) is 114 cm³/mol. The monoisotopic (exact) mass is 393 g/mol. The van der Waals surface area contributed by atoms with Crippen molar-refractivity contribution in [3.05, 3.63) is 53.6 Å². The van der Waals surface area contributed by atoms with E-state index < -0.39 is 5.91 Å². The van der Waals surface area contributed by atoms with Crippen LogP contribution in [0.25, 0.3) is 10.9 Å². The number of aromatic nitrogens is 1. The summed E-state index contributed by atoms with van der Waals surface area (Å²) in [5.41, 5.74) is 3.28. The van der Waals surface area contributed by atoms with Crippen LogP contribution in [0.3, 0.4) is 0 Å². The van der Waals surface area contributed by atoms with E-state index in [9.17, 15) is 9.90 Å². The van der Waals surface area contributed by atoms with Crippen LogP contribution in [0.5, 0.6) is 11.6 Å². The summed E-state index contributed by atoms with van der Waals surface area (Å²) in [6.45, 7) is 8.62. The van der Waals surface area contributed by atoms with Gasteiger partial charge in [0.15, 0.2) is 12.3 Å². The molecule has 1 aromatic heterocycles. The van der Waals surface area contributed by atoms with Gasteiger partial charge in [-0.2, -0.15) is 0 Å². The zero-order valence-corrected chi connectivity index (χ0v) is 17.3. The molecule has 1 amide bonds. The Balaban J connectivity index is 1.79. The molecule has 1 heterocycles. The number of azo groups is 1. The summed E-state index contributed by atoms with van der Waals surface area (Å²) < 4.78 is 7.50. The van der Waals surface area contributed by atoms with Crippen molar-refractivity contribution in [3.63, 3.8) is 0 Å². The van der Waals surface area contributed by atoms with Gasteiger partial charge in [-0.1, -0.05) is 51.1 Å². The molecule has 0 aliphatic rings. The highest BCUT2D eigenvalue weighted by molar-refractivity contribution is 5.95. The van der Waals surface area contributed by atoms with Crippen LogP contribution in [0.15, 0.2) is 52.7 Å². The average molecular weight is 393 g/mol. The van der Waals surface area contributed by atoms with Crippen molar-refractivity contribution < 1.29 is 14.6 Å². The van der Waals surface area contributed by atoms with Gasteiger partial charge in [-0.05, 0) is 42.5 Å². The van der Waals surface area contributed by atoms with Crippen molar-refractivity contribution in [1.29, 1.82) is 0 Å². The molecule has 152 valence electrons. The Morgan fingerprint density at radius 1 is 1.21 bits per heavy atom. The second-order valence-corrected chi connectivity index (χ2v) is 7.42. The van der Waals surface area contributed by atoms with Crippen LogP contribution in [0.4, 0.5) is 5.69 Å². The van der Waals surface area contributed by atoms with E-state index in [1.54, 1.807) is 4.57 Å². The van der Waals surface area contributed by atoms with Gasteiger partial charge >= 0.3 is 5.91 Å². The third kappa shape index (κ3) is 4.47. The molecule has 1 N–H and O–H groups in total. The summed E-state index contributed by atoms with van der Waals surface area (Å²) in [5, 5.41) is 19.1. The van der Waals surface area contributed by atoms with E-state index in [1.165, 1.54) is 0 Å². The lowest BCUT2D eigenvalue weighted by molar-refractivity contribution is -0.120. The highest BCUT2D eigenvalue weighted by Crippen LogP contribution is 2.38. The van der Waals surface area contributed by atoms with Crippen molar-refractivity contribution in [1.82, 2.24) is 4.57 Å². The molecule has 0 aliphatic carbocycles. The number of aromatic hydroxyl groups is 1. The SMILES string of the molecule is CCCn1c(O)c(N=NC(=O)COc2cc(C)ccc2C(C)C)c2ccccc21. The second kappa shape index (κ2) is 8.90. The van der Waals surface area contributed by atoms with Crippen molar-refractivity contribution in [2.75, 3.05) is 6.61 Å². The summed E-state index contributed by atoms with van der Waals surface area (Å²) in [6.07, 6.45) is 0.865. The molecule has 29 heavy (non-hydrogen) atoms. The molecular weight excluding hydrogens is 366 g/mol. The Labute approximate surface area is 170 Å². The molecule has 0 radical (unpaired) electrons. The molecule has 0 atom stereocenters.